The Morgan fingerprint density at radius 1 is 0.864 bits per heavy atom. The molecular weight excluding hydrogens is 276 g/mol. The molecule has 0 saturated carbocycles. The molecule has 0 fully saturated rings. The molecule has 22 heavy (non-hydrogen) atoms. The van der Waals surface area contributed by atoms with Gasteiger partial charge in [0.25, 0.3) is 0 Å². The number of hydrogen-bond donors (Lipinski definition) is 4. The minimum absolute atomic E-state index is 0.191. The van der Waals surface area contributed by atoms with Gasteiger partial charge in [-0.25, -0.2) is 0 Å². The van der Waals surface area contributed by atoms with Gasteiger partial charge in [-0.1, -0.05) is 48.5 Å². The van der Waals surface area contributed by atoms with E-state index < -0.39 is 6.10 Å². The van der Waals surface area contributed by atoms with Crippen molar-refractivity contribution in [1.29, 1.82) is 0 Å². The molecule has 0 amide bonds. The zero-order valence-electron chi connectivity index (χ0n) is 13.1. The summed E-state index contributed by atoms with van der Waals surface area (Å²) >= 11 is 0. The SMILES string of the molecule is CC(O)c1ccccc1CN.NCc1ccccc1CCO. The third-order valence-electron chi connectivity index (χ3n) is 3.44. The first-order valence-electron chi connectivity index (χ1n) is 7.47. The average Bonchev–Trinajstić information content (AvgIpc) is 2.56. The Labute approximate surface area is 132 Å². The van der Waals surface area contributed by atoms with Crippen LogP contribution in [0.4, 0.5) is 0 Å². The maximum atomic E-state index is 9.28. The topological polar surface area (TPSA) is 92.5 Å². The second-order valence-corrected chi connectivity index (χ2v) is 5.03. The molecule has 0 aromatic heterocycles. The van der Waals surface area contributed by atoms with Crippen molar-refractivity contribution in [1.82, 2.24) is 0 Å². The van der Waals surface area contributed by atoms with Crippen molar-refractivity contribution < 1.29 is 10.2 Å². The van der Waals surface area contributed by atoms with Crippen LogP contribution in [0.15, 0.2) is 48.5 Å². The molecule has 4 heteroatoms. The molecule has 0 spiro atoms. The molecular formula is C18H26N2O2. The smallest absolute Gasteiger partial charge is 0.0765 e. The van der Waals surface area contributed by atoms with E-state index in [2.05, 4.69) is 0 Å². The molecule has 120 valence electrons. The minimum Gasteiger partial charge on any atom is -0.396 e. The maximum Gasteiger partial charge on any atom is 0.0765 e. The minimum atomic E-state index is -0.422. The largest absolute Gasteiger partial charge is 0.396 e. The molecule has 0 bridgehead atoms. The molecule has 0 aliphatic carbocycles. The molecule has 4 nitrogen and oxygen atoms in total. The predicted octanol–water partition coefficient (Wildman–Crippen LogP) is 1.88. The lowest BCUT2D eigenvalue weighted by Crippen LogP contribution is -2.03. The van der Waals surface area contributed by atoms with Gasteiger partial charge < -0.3 is 21.7 Å². The fourth-order valence-corrected chi connectivity index (χ4v) is 2.25. The van der Waals surface area contributed by atoms with Gasteiger partial charge in [0.05, 0.1) is 6.10 Å². The summed E-state index contributed by atoms with van der Waals surface area (Å²) in [7, 11) is 0. The Kier molecular flexibility index (Phi) is 8.40. The number of aliphatic hydroxyl groups excluding tert-OH is 2. The predicted molar refractivity (Wildman–Crippen MR) is 90.1 cm³/mol. The van der Waals surface area contributed by atoms with Gasteiger partial charge in [0.15, 0.2) is 0 Å². The van der Waals surface area contributed by atoms with Crippen LogP contribution in [0.25, 0.3) is 0 Å². The van der Waals surface area contributed by atoms with E-state index in [1.54, 1.807) is 6.92 Å². The fourth-order valence-electron chi connectivity index (χ4n) is 2.25. The van der Waals surface area contributed by atoms with Gasteiger partial charge in [0.2, 0.25) is 0 Å². The highest BCUT2D eigenvalue weighted by Gasteiger charge is 2.03. The van der Waals surface area contributed by atoms with Gasteiger partial charge in [0, 0.05) is 19.7 Å². The first-order chi connectivity index (χ1) is 10.6. The lowest BCUT2D eigenvalue weighted by molar-refractivity contribution is 0.198. The highest BCUT2D eigenvalue weighted by molar-refractivity contribution is 5.28. The monoisotopic (exact) mass is 302 g/mol. The molecule has 2 aromatic rings. The molecule has 0 heterocycles. The van der Waals surface area contributed by atoms with E-state index in [9.17, 15) is 5.11 Å². The van der Waals surface area contributed by atoms with Crippen molar-refractivity contribution in [2.45, 2.75) is 32.5 Å². The summed E-state index contributed by atoms with van der Waals surface area (Å²) in [5, 5.41) is 18.0. The van der Waals surface area contributed by atoms with Gasteiger partial charge in [0.1, 0.15) is 0 Å². The summed E-state index contributed by atoms with van der Waals surface area (Å²) in [6.07, 6.45) is 0.280. The van der Waals surface area contributed by atoms with E-state index in [4.69, 9.17) is 16.6 Å². The Morgan fingerprint density at radius 2 is 1.36 bits per heavy atom. The van der Waals surface area contributed by atoms with Crippen molar-refractivity contribution in [3.8, 4) is 0 Å². The highest BCUT2D eigenvalue weighted by atomic mass is 16.3. The Hall–Kier alpha value is -1.72. The van der Waals surface area contributed by atoms with Gasteiger partial charge in [-0.2, -0.15) is 0 Å². The van der Waals surface area contributed by atoms with E-state index >= 15 is 0 Å². The Morgan fingerprint density at radius 3 is 1.82 bits per heavy atom. The maximum absolute atomic E-state index is 9.28. The van der Waals surface area contributed by atoms with E-state index in [-0.39, 0.29) is 6.61 Å². The number of rotatable bonds is 5. The molecule has 1 unspecified atom stereocenters. The van der Waals surface area contributed by atoms with Crippen molar-refractivity contribution in [3.63, 3.8) is 0 Å². The van der Waals surface area contributed by atoms with E-state index in [0.29, 0.717) is 19.5 Å². The fraction of sp³-hybridized carbons (Fsp3) is 0.333. The average molecular weight is 302 g/mol. The van der Waals surface area contributed by atoms with Gasteiger partial charge >= 0.3 is 0 Å². The second kappa shape index (κ2) is 10.1. The summed E-state index contributed by atoms with van der Waals surface area (Å²) in [6.45, 7) is 2.97. The second-order valence-electron chi connectivity index (χ2n) is 5.03. The number of aliphatic hydroxyl groups is 2. The molecule has 0 radical (unpaired) electrons. The number of nitrogens with two attached hydrogens (primary N) is 2. The van der Waals surface area contributed by atoms with Gasteiger partial charge in [-0.3, -0.25) is 0 Å². The van der Waals surface area contributed by atoms with Crippen LogP contribution in [0.2, 0.25) is 0 Å². The summed E-state index contributed by atoms with van der Waals surface area (Å²) in [5.41, 5.74) is 15.2. The zero-order valence-corrected chi connectivity index (χ0v) is 13.1. The normalized spacial score (nSPS) is 11.5. The summed E-state index contributed by atoms with van der Waals surface area (Å²) in [4.78, 5) is 0. The van der Waals surface area contributed by atoms with Crippen LogP contribution in [0.1, 0.15) is 35.3 Å². The van der Waals surface area contributed by atoms with Crippen LogP contribution in [-0.4, -0.2) is 16.8 Å². The highest BCUT2D eigenvalue weighted by Crippen LogP contribution is 2.16. The first kappa shape index (κ1) is 18.3. The van der Waals surface area contributed by atoms with Crippen molar-refractivity contribution in [2.24, 2.45) is 11.5 Å². The number of benzene rings is 2. The van der Waals surface area contributed by atoms with Crippen LogP contribution < -0.4 is 11.5 Å². The van der Waals surface area contributed by atoms with E-state index in [0.717, 1.165) is 22.3 Å². The lowest BCUT2D eigenvalue weighted by Gasteiger charge is -2.08. The van der Waals surface area contributed by atoms with Gasteiger partial charge in [-0.05, 0) is 35.6 Å². The standard InChI is InChI=1S/2C9H13NO/c1-7(11)9-5-3-2-4-8(9)6-10;10-7-9-4-2-1-3-8(9)5-6-11/h2-5,7,11H,6,10H2,1H3;1-4,11H,5-7,10H2. The summed E-state index contributed by atoms with van der Waals surface area (Å²) in [5.74, 6) is 0. The van der Waals surface area contributed by atoms with Crippen molar-refractivity contribution in [3.05, 3.63) is 70.8 Å². The lowest BCUT2D eigenvalue weighted by atomic mass is 10.0. The number of hydrogen-bond acceptors (Lipinski definition) is 4. The zero-order chi connectivity index (χ0) is 16.4. The summed E-state index contributed by atoms with van der Waals surface area (Å²) in [6, 6.07) is 15.6. The molecule has 0 aliphatic rings. The van der Waals surface area contributed by atoms with Crippen LogP contribution in [-0.2, 0) is 19.5 Å². The van der Waals surface area contributed by atoms with Crippen LogP contribution in [0.5, 0.6) is 0 Å². The first-order valence-corrected chi connectivity index (χ1v) is 7.47. The molecule has 2 rings (SSSR count). The molecule has 6 N–H and O–H groups in total. The van der Waals surface area contributed by atoms with Crippen LogP contribution in [0, 0.1) is 0 Å². The van der Waals surface area contributed by atoms with E-state index in [1.807, 2.05) is 48.5 Å². The summed E-state index contributed by atoms with van der Waals surface area (Å²) < 4.78 is 0. The Balaban J connectivity index is 0.000000220. The van der Waals surface area contributed by atoms with Crippen LogP contribution in [0.3, 0.4) is 0 Å². The third kappa shape index (κ3) is 5.58. The third-order valence-corrected chi connectivity index (χ3v) is 3.44. The molecule has 2 aromatic carbocycles. The van der Waals surface area contributed by atoms with E-state index in [1.165, 1.54) is 0 Å². The van der Waals surface area contributed by atoms with Gasteiger partial charge in [-0.15, -0.1) is 0 Å². The van der Waals surface area contributed by atoms with Crippen molar-refractivity contribution >= 4 is 0 Å². The molecule has 0 aliphatic heterocycles. The van der Waals surface area contributed by atoms with Crippen molar-refractivity contribution in [2.75, 3.05) is 6.61 Å². The molecule has 0 saturated heterocycles. The quantitative estimate of drug-likeness (QED) is 0.678. The van der Waals surface area contributed by atoms with Crippen LogP contribution >= 0.6 is 0 Å². The molecule has 1 atom stereocenters. The Bertz CT molecular complexity index is 556.